The molecule has 34 heavy (non-hydrogen) atoms. The summed E-state index contributed by atoms with van der Waals surface area (Å²) in [5, 5.41) is 2.70. The highest BCUT2D eigenvalue weighted by Gasteiger charge is 2.32. The number of carbonyl (C=O) groups is 1. The van der Waals surface area contributed by atoms with Gasteiger partial charge in [0.15, 0.2) is 19.0 Å². The second kappa shape index (κ2) is 8.88. The molecule has 0 aliphatic carbocycles. The predicted molar refractivity (Wildman–Crippen MR) is 106 cm³/mol. The van der Waals surface area contributed by atoms with Gasteiger partial charge in [-0.25, -0.2) is 9.97 Å². The summed E-state index contributed by atoms with van der Waals surface area (Å²) in [4.78, 5) is 23.4. The molecule has 0 unspecified atom stereocenters. The first kappa shape index (κ1) is 23.4. The number of H-pyrrole nitrogens is 1. The molecule has 1 aromatic carbocycles. The third kappa shape index (κ3) is 5.41. The van der Waals surface area contributed by atoms with E-state index in [1.165, 1.54) is 18.3 Å². The van der Waals surface area contributed by atoms with Crippen molar-refractivity contribution < 1.29 is 40.6 Å². The zero-order valence-electron chi connectivity index (χ0n) is 17.2. The van der Waals surface area contributed by atoms with E-state index in [2.05, 4.69) is 20.3 Å². The van der Waals surface area contributed by atoms with Crippen LogP contribution in [0, 0.1) is 0 Å². The molecule has 0 spiro atoms. The Morgan fingerprint density at radius 1 is 0.971 bits per heavy atom. The van der Waals surface area contributed by atoms with Gasteiger partial charge >= 0.3 is 12.4 Å². The molecule has 3 heterocycles. The van der Waals surface area contributed by atoms with E-state index in [9.17, 15) is 31.1 Å². The molecule has 0 saturated heterocycles. The lowest BCUT2D eigenvalue weighted by Gasteiger charge is -2.17. The van der Waals surface area contributed by atoms with Crippen LogP contribution in [-0.4, -0.2) is 53.0 Å². The second-order valence-corrected chi connectivity index (χ2v) is 7.28. The molecule has 2 aromatic heterocycles. The van der Waals surface area contributed by atoms with Gasteiger partial charge in [-0.05, 0) is 24.3 Å². The number of benzene rings is 1. The van der Waals surface area contributed by atoms with Gasteiger partial charge in [-0.2, -0.15) is 26.3 Å². The maximum atomic E-state index is 12.7. The fourth-order valence-corrected chi connectivity index (χ4v) is 3.35. The monoisotopic (exact) mass is 486 g/mol. The van der Waals surface area contributed by atoms with E-state index in [-0.39, 0.29) is 23.0 Å². The summed E-state index contributed by atoms with van der Waals surface area (Å²) in [5.74, 6) is -1.30. The van der Waals surface area contributed by atoms with Gasteiger partial charge in [-0.3, -0.25) is 4.79 Å². The first-order valence-electron chi connectivity index (χ1n) is 9.86. The number of hydrogen-bond donors (Lipinski definition) is 2. The average molecular weight is 486 g/mol. The third-order valence-electron chi connectivity index (χ3n) is 4.73. The molecule has 0 radical (unpaired) electrons. The summed E-state index contributed by atoms with van der Waals surface area (Å²) in [6.45, 7) is -2.91. The van der Waals surface area contributed by atoms with Crippen molar-refractivity contribution in [1.29, 1.82) is 0 Å². The molecule has 0 saturated carbocycles. The lowest BCUT2D eigenvalue weighted by Crippen LogP contribution is -2.31. The molecule has 0 atom stereocenters. The lowest BCUT2D eigenvalue weighted by molar-refractivity contribution is -0.153. The van der Waals surface area contributed by atoms with Crippen molar-refractivity contribution in [2.45, 2.75) is 18.8 Å². The van der Waals surface area contributed by atoms with Crippen LogP contribution in [0.5, 0.6) is 11.5 Å². The van der Waals surface area contributed by atoms with E-state index in [1.807, 2.05) is 0 Å². The molecule has 2 N–H and O–H groups in total. The molecule has 13 heteroatoms. The number of nitrogens with one attached hydrogen (secondary N) is 2. The van der Waals surface area contributed by atoms with Crippen LogP contribution in [0.1, 0.15) is 16.1 Å². The van der Waals surface area contributed by atoms with Crippen LogP contribution in [0.3, 0.4) is 0 Å². The maximum Gasteiger partial charge on any atom is 0.422 e. The van der Waals surface area contributed by atoms with Gasteiger partial charge < -0.3 is 19.8 Å². The number of aromatic amines is 1. The van der Waals surface area contributed by atoms with E-state index < -0.39 is 37.1 Å². The van der Waals surface area contributed by atoms with Gasteiger partial charge in [0.05, 0.1) is 17.0 Å². The SMILES string of the molecule is O=C1NCCc2[nH]c(-c3ccnc(-c4c(OCC(F)(F)F)cccc4OCC(F)(F)F)n3)cc21. The Hall–Kier alpha value is -3.77. The van der Waals surface area contributed by atoms with Crippen LogP contribution in [0.15, 0.2) is 36.5 Å². The van der Waals surface area contributed by atoms with E-state index in [1.54, 1.807) is 6.07 Å². The van der Waals surface area contributed by atoms with Crippen molar-refractivity contribution in [3.8, 4) is 34.3 Å². The van der Waals surface area contributed by atoms with E-state index in [0.717, 1.165) is 12.1 Å². The fourth-order valence-electron chi connectivity index (χ4n) is 3.35. The van der Waals surface area contributed by atoms with Crippen molar-refractivity contribution >= 4 is 5.91 Å². The minimum absolute atomic E-state index is 0.218. The molecule has 180 valence electrons. The minimum atomic E-state index is -4.69. The smallest absolute Gasteiger partial charge is 0.422 e. The summed E-state index contributed by atoms with van der Waals surface area (Å²) in [5.41, 5.74) is 1.52. The Morgan fingerprint density at radius 3 is 2.21 bits per heavy atom. The summed E-state index contributed by atoms with van der Waals surface area (Å²) in [6, 6.07) is 6.53. The van der Waals surface area contributed by atoms with Gasteiger partial charge in [0.25, 0.3) is 5.91 Å². The summed E-state index contributed by atoms with van der Waals surface area (Å²) < 4.78 is 86.1. The molecule has 1 amide bonds. The molecule has 1 aliphatic rings. The highest BCUT2D eigenvalue weighted by atomic mass is 19.4. The van der Waals surface area contributed by atoms with Gasteiger partial charge in [0.2, 0.25) is 0 Å². The Morgan fingerprint density at radius 2 is 1.62 bits per heavy atom. The zero-order chi connectivity index (χ0) is 24.5. The molecule has 4 rings (SSSR count). The van der Waals surface area contributed by atoms with Crippen LogP contribution in [-0.2, 0) is 6.42 Å². The van der Waals surface area contributed by atoms with Crippen molar-refractivity contribution in [2.75, 3.05) is 19.8 Å². The predicted octanol–water partition coefficient (Wildman–Crippen LogP) is 4.31. The van der Waals surface area contributed by atoms with Crippen LogP contribution < -0.4 is 14.8 Å². The van der Waals surface area contributed by atoms with Crippen molar-refractivity contribution in [3.63, 3.8) is 0 Å². The summed E-state index contributed by atoms with van der Waals surface area (Å²) >= 11 is 0. The van der Waals surface area contributed by atoms with Crippen molar-refractivity contribution in [2.24, 2.45) is 0 Å². The minimum Gasteiger partial charge on any atom is -0.483 e. The number of hydrogen-bond acceptors (Lipinski definition) is 5. The lowest BCUT2D eigenvalue weighted by atomic mass is 10.1. The molecular weight excluding hydrogens is 470 g/mol. The van der Waals surface area contributed by atoms with Gasteiger partial charge in [-0.15, -0.1) is 0 Å². The number of rotatable bonds is 6. The first-order chi connectivity index (χ1) is 16.0. The van der Waals surface area contributed by atoms with E-state index >= 15 is 0 Å². The third-order valence-corrected chi connectivity index (χ3v) is 4.73. The molecule has 0 fully saturated rings. The highest BCUT2D eigenvalue weighted by molar-refractivity contribution is 5.97. The van der Waals surface area contributed by atoms with Crippen LogP contribution in [0.25, 0.3) is 22.8 Å². The number of carbonyl (C=O) groups excluding carboxylic acids is 1. The number of aromatic nitrogens is 3. The van der Waals surface area contributed by atoms with Gasteiger partial charge in [0.1, 0.15) is 17.1 Å². The Bertz CT molecular complexity index is 1170. The van der Waals surface area contributed by atoms with Crippen LogP contribution >= 0.6 is 0 Å². The second-order valence-electron chi connectivity index (χ2n) is 7.28. The highest BCUT2D eigenvalue weighted by Crippen LogP contribution is 2.38. The maximum absolute atomic E-state index is 12.7. The van der Waals surface area contributed by atoms with E-state index in [0.29, 0.717) is 29.9 Å². The van der Waals surface area contributed by atoms with Crippen molar-refractivity contribution in [1.82, 2.24) is 20.3 Å². The normalized spacial score (nSPS) is 13.9. The van der Waals surface area contributed by atoms with E-state index in [4.69, 9.17) is 9.47 Å². The molecular formula is C21H16F6N4O3. The fraction of sp³-hybridized carbons (Fsp3) is 0.286. The quantitative estimate of drug-likeness (QED) is 0.507. The standard InChI is InChI=1S/C21H16F6N4O3/c22-20(23,24)9-33-15-2-1-3-16(34-10-21(25,26)27)17(15)18-28-6-5-13(31-18)14-8-11-12(30-14)4-7-29-19(11)32/h1-3,5-6,8,30H,4,7,9-10H2,(H,29,32). The first-order valence-corrected chi connectivity index (χ1v) is 9.86. The number of nitrogens with zero attached hydrogens (tertiary/aromatic N) is 2. The Balaban J connectivity index is 1.75. The molecule has 1 aliphatic heterocycles. The zero-order valence-corrected chi connectivity index (χ0v) is 17.2. The molecule has 3 aromatic rings. The number of amides is 1. The molecule has 0 bridgehead atoms. The number of ether oxygens (including phenoxy) is 2. The largest absolute Gasteiger partial charge is 0.483 e. The van der Waals surface area contributed by atoms with Gasteiger partial charge in [0, 0.05) is 24.9 Å². The Labute approximate surface area is 188 Å². The summed E-state index contributed by atoms with van der Waals surface area (Å²) in [7, 11) is 0. The topological polar surface area (TPSA) is 89.1 Å². The number of halogens is 6. The van der Waals surface area contributed by atoms with Crippen molar-refractivity contribution in [3.05, 3.63) is 47.8 Å². The van der Waals surface area contributed by atoms with Crippen LogP contribution in [0.4, 0.5) is 26.3 Å². The Kier molecular flexibility index (Phi) is 6.11. The summed E-state index contributed by atoms with van der Waals surface area (Å²) in [6.07, 6.45) is -7.53. The number of alkyl halides is 6. The average Bonchev–Trinajstić information content (AvgIpc) is 3.21. The number of fused-ring (bicyclic) bond motifs is 1. The van der Waals surface area contributed by atoms with Crippen LogP contribution in [0.2, 0.25) is 0 Å². The van der Waals surface area contributed by atoms with Gasteiger partial charge in [-0.1, -0.05) is 6.07 Å². The molecule has 7 nitrogen and oxygen atoms in total.